The Bertz CT molecular complexity index is 2690. The van der Waals surface area contributed by atoms with Crippen molar-refractivity contribution in [2.24, 2.45) is 0 Å². The standard InChI is InChI=1S/C57H36N3.Ir/c1-4-16-52(49(13-1)40-22-28-43(29-23-40)55-19-7-10-34-58-55)46-37-47(53-17-5-2-14-50(53)41-24-30-44(31-25-41)56-20-8-11-35-59-56)39-48(38-46)54-18-6-3-15-51(54)42-26-32-45(33-27-42)57-21-9-12-36-60-57;/h1-28,30,32,34-39H;/q-3;+3. The van der Waals surface area contributed by atoms with Gasteiger partial charge in [0.2, 0.25) is 0 Å². The zero-order valence-corrected chi connectivity index (χ0v) is 35.4. The molecule has 3 heterocycles. The van der Waals surface area contributed by atoms with Gasteiger partial charge in [-0.2, -0.15) is 0 Å². The zero-order chi connectivity index (χ0) is 40.1. The quantitative estimate of drug-likeness (QED) is 0.135. The molecular weight excluding hydrogens is 919 g/mol. The second-order valence-corrected chi connectivity index (χ2v) is 14.6. The number of hydrogen-bond acceptors (Lipinski definition) is 3. The molecular formula is C57H36IrN3. The summed E-state index contributed by atoms with van der Waals surface area (Å²) in [7, 11) is 0. The van der Waals surface area contributed by atoms with Crippen LogP contribution in [0.5, 0.6) is 0 Å². The molecule has 288 valence electrons. The van der Waals surface area contributed by atoms with E-state index >= 15 is 0 Å². The normalized spacial score (nSPS) is 10.8. The molecule has 0 spiro atoms. The maximum atomic E-state index is 4.55. The van der Waals surface area contributed by atoms with Crippen LogP contribution < -0.4 is 0 Å². The summed E-state index contributed by atoms with van der Waals surface area (Å²) < 4.78 is 0. The van der Waals surface area contributed by atoms with Gasteiger partial charge in [0, 0.05) is 18.6 Å². The van der Waals surface area contributed by atoms with Gasteiger partial charge in [-0.05, 0) is 86.9 Å². The molecule has 61 heavy (non-hydrogen) atoms. The summed E-state index contributed by atoms with van der Waals surface area (Å²) in [6.45, 7) is 0. The summed E-state index contributed by atoms with van der Waals surface area (Å²) >= 11 is 0. The molecule has 0 amide bonds. The molecule has 7 aromatic carbocycles. The van der Waals surface area contributed by atoms with Gasteiger partial charge in [-0.25, -0.2) is 0 Å². The van der Waals surface area contributed by atoms with E-state index in [0.29, 0.717) is 0 Å². The predicted octanol–water partition coefficient (Wildman–Crippen LogP) is 14.3. The summed E-state index contributed by atoms with van der Waals surface area (Å²) in [6, 6.07) is 80.4. The molecule has 3 aromatic heterocycles. The molecule has 0 saturated carbocycles. The van der Waals surface area contributed by atoms with Crippen molar-refractivity contribution in [3.8, 4) is 101 Å². The molecule has 0 aliphatic heterocycles. The summed E-state index contributed by atoms with van der Waals surface area (Å²) in [5, 5.41) is 0. The molecule has 0 aliphatic rings. The van der Waals surface area contributed by atoms with Gasteiger partial charge in [-0.15, -0.1) is 89.5 Å². The van der Waals surface area contributed by atoms with Gasteiger partial charge in [-0.1, -0.05) is 143 Å². The van der Waals surface area contributed by atoms with Crippen LogP contribution in [0, 0.1) is 18.2 Å². The fourth-order valence-electron chi connectivity index (χ4n) is 7.88. The van der Waals surface area contributed by atoms with E-state index in [1.165, 1.54) is 0 Å². The van der Waals surface area contributed by atoms with Gasteiger partial charge in [0.15, 0.2) is 0 Å². The topological polar surface area (TPSA) is 38.7 Å². The molecule has 10 rings (SSSR count). The molecule has 0 radical (unpaired) electrons. The number of pyridine rings is 3. The van der Waals surface area contributed by atoms with E-state index in [0.717, 1.165) is 101 Å². The number of nitrogens with zero attached hydrogens (tertiary/aromatic N) is 3. The second-order valence-electron chi connectivity index (χ2n) is 14.6. The molecule has 4 heteroatoms. The largest absolute Gasteiger partial charge is 3.00 e. The van der Waals surface area contributed by atoms with Crippen LogP contribution in [-0.2, 0) is 20.1 Å². The van der Waals surface area contributed by atoms with Crippen LogP contribution >= 0.6 is 0 Å². The summed E-state index contributed by atoms with van der Waals surface area (Å²) in [5.41, 5.74) is 19.0. The van der Waals surface area contributed by atoms with Crippen LogP contribution in [0.15, 0.2) is 219 Å². The van der Waals surface area contributed by atoms with Gasteiger partial charge in [0.1, 0.15) is 0 Å². The van der Waals surface area contributed by atoms with Crippen molar-refractivity contribution in [3.05, 3.63) is 237 Å². The first-order valence-corrected chi connectivity index (χ1v) is 20.0. The van der Waals surface area contributed by atoms with Crippen LogP contribution in [0.2, 0.25) is 0 Å². The number of benzene rings is 7. The van der Waals surface area contributed by atoms with E-state index in [4.69, 9.17) is 0 Å². The first kappa shape index (κ1) is 39.1. The van der Waals surface area contributed by atoms with Gasteiger partial charge in [-0.3, -0.25) is 0 Å². The molecule has 3 nitrogen and oxygen atoms in total. The zero-order valence-electron chi connectivity index (χ0n) is 33.0. The average molecular weight is 955 g/mol. The van der Waals surface area contributed by atoms with Crippen LogP contribution in [0.4, 0.5) is 0 Å². The van der Waals surface area contributed by atoms with Gasteiger partial charge >= 0.3 is 20.1 Å². The van der Waals surface area contributed by atoms with Crippen molar-refractivity contribution >= 4 is 0 Å². The van der Waals surface area contributed by atoms with Crippen LogP contribution in [0.1, 0.15) is 0 Å². The van der Waals surface area contributed by atoms with Gasteiger partial charge in [0.05, 0.1) is 0 Å². The average Bonchev–Trinajstić information content (AvgIpc) is 3.35. The van der Waals surface area contributed by atoms with Gasteiger partial charge < -0.3 is 15.0 Å². The fraction of sp³-hybridized carbons (Fsp3) is 0. The third-order valence-corrected chi connectivity index (χ3v) is 10.8. The molecule has 0 saturated heterocycles. The molecule has 0 bridgehead atoms. The minimum atomic E-state index is 0. The Morgan fingerprint density at radius 2 is 0.525 bits per heavy atom. The molecule has 10 aromatic rings. The maximum Gasteiger partial charge on any atom is 3.00 e. The van der Waals surface area contributed by atoms with Crippen LogP contribution in [0.3, 0.4) is 0 Å². The van der Waals surface area contributed by atoms with E-state index < -0.39 is 0 Å². The smallest absolute Gasteiger partial charge is 0.305 e. The minimum absolute atomic E-state index is 0. The summed E-state index contributed by atoms with van der Waals surface area (Å²) in [5.74, 6) is 0. The Labute approximate surface area is 370 Å². The number of aromatic nitrogens is 3. The van der Waals surface area contributed by atoms with Gasteiger partial charge in [0.25, 0.3) is 0 Å². The SMILES string of the molecule is [Ir+3].[c-]1cc(-c2ccccc2-c2cc(-c3ccccc3-c3c[c-]c(-c4ccccn4)cc3)cc(-c3ccccc3-c3c[c-]c(-c4ccccn4)cc3)c2)ccc1-c1ccccn1. The Hall–Kier alpha value is -7.36. The number of rotatable bonds is 9. The van der Waals surface area contributed by atoms with E-state index in [-0.39, 0.29) is 20.1 Å². The van der Waals surface area contributed by atoms with Crippen LogP contribution in [0.25, 0.3) is 101 Å². The molecule has 0 N–H and O–H groups in total. The van der Waals surface area contributed by atoms with Crippen molar-refractivity contribution in [1.82, 2.24) is 15.0 Å². The van der Waals surface area contributed by atoms with Crippen molar-refractivity contribution < 1.29 is 20.1 Å². The Kier molecular flexibility index (Phi) is 11.5. The third-order valence-electron chi connectivity index (χ3n) is 10.8. The third kappa shape index (κ3) is 8.29. The monoisotopic (exact) mass is 955 g/mol. The van der Waals surface area contributed by atoms with E-state index in [1.807, 2.05) is 73.2 Å². The fourth-order valence-corrected chi connectivity index (χ4v) is 7.88. The minimum Gasteiger partial charge on any atom is -0.305 e. The predicted molar refractivity (Wildman–Crippen MR) is 245 cm³/mol. The van der Waals surface area contributed by atoms with Crippen molar-refractivity contribution in [3.63, 3.8) is 0 Å². The first-order valence-electron chi connectivity index (χ1n) is 20.0. The second kappa shape index (κ2) is 17.9. The Morgan fingerprint density at radius 1 is 0.262 bits per heavy atom. The maximum absolute atomic E-state index is 4.55. The van der Waals surface area contributed by atoms with Crippen molar-refractivity contribution in [1.29, 1.82) is 0 Å². The number of hydrogen-bond donors (Lipinski definition) is 0. The molecule has 0 fully saturated rings. The summed E-state index contributed by atoms with van der Waals surface area (Å²) in [6.07, 6.45) is 5.45. The van der Waals surface area contributed by atoms with E-state index in [2.05, 4.69) is 179 Å². The van der Waals surface area contributed by atoms with Crippen LogP contribution in [-0.4, -0.2) is 15.0 Å². The molecule has 0 aliphatic carbocycles. The first-order chi connectivity index (χ1) is 29.7. The molecule has 0 unspecified atom stereocenters. The van der Waals surface area contributed by atoms with Crippen molar-refractivity contribution in [2.75, 3.05) is 0 Å². The molecule has 0 atom stereocenters. The Balaban J connectivity index is 0.00000476. The summed E-state index contributed by atoms with van der Waals surface area (Å²) in [4.78, 5) is 13.6. The Morgan fingerprint density at radius 3 is 0.754 bits per heavy atom. The van der Waals surface area contributed by atoms with E-state index in [9.17, 15) is 0 Å². The van der Waals surface area contributed by atoms with E-state index in [1.54, 1.807) is 0 Å². The van der Waals surface area contributed by atoms with Crippen molar-refractivity contribution in [2.45, 2.75) is 0 Å².